The summed E-state index contributed by atoms with van der Waals surface area (Å²) >= 11 is 0. The Labute approximate surface area is 104 Å². The Morgan fingerprint density at radius 2 is 2.00 bits per heavy atom. The quantitative estimate of drug-likeness (QED) is 0.746. The Morgan fingerprint density at radius 3 is 2.33 bits per heavy atom. The molecule has 1 heterocycles. The maximum Gasteiger partial charge on any atom is 0.416 e. The summed E-state index contributed by atoms with van der Waals surface area (Å²) in [6.07, 6.45) is -0.998. The van der Waals surface area contributed by atoms with Crippen LogP contribution >= 0.6 is 0 Å². The summed E-state index contributed by atoms with van der Waals surface area (Å²) in [7, 11) is 0. The van der Waals surface area contributed by atoms with Crippen molar-refractivity contribution in [3.05, 3.63) is 47.8 Å². The van der Waals surface area contributed by atoms with Gasteiger partial charge in [0.2, 0.25) is 0 Å². The number of aromatic nitrogens is 2. The first-order valence-electron chi connectivity index (χ1n) is 5.41. The van der Waals surface area contributed by atoms with E-state index < -0.39 is 11.7 Å². The Bertz CT molecular complexity index is 505. The third-order valence-electron chi connectivity index (χ3n) is 2.40. The van der Waals surface area contributed by atoms with E-state index in [2.05, 4.69) is 11.7 Å². The molecule has 0 aromatic carbocycles. The maximum absolute atomic E-state index is 12.6. The highest BCUT2D eigenvalue weighted by molar-refractivity contribution is 5.60. The van der Waals surface area contributed by atoms with Crippen molar-refractivity contribution in [3.8, 4) is 0 Å². The fraction of sp³-hybridized carbons (Fsp3) is 0.308. The zero-order chi connectivity index (χ0) is 13.9. The number of nitrogens with zero attached hydrogens (tertiary/aromatic N) is 2. The SMILES string of the molecule is C=C/C(=C\C(=C/C)n1nc(C)cc1C)C(F)(F)F. The minimum absolute atomic E-state index is 0.368. The number of hydrogen-bond acceptors (Lipinski definition) is 1. The molecule has 5 heteroatoms. The number of aryl methyl sites for hydroxylation is 2. The van der Waals surface area contributed by atoms with Gasteiger partial charge >= 0.3 is 6.18 Å². The van der Waals surface area contributed by atoms with Gasteiger partial charge in [0.25, 0.3) is 0 Å². The Hall–Kier alpha value is -1.78. The minimum atomic E-state index is -4.41. The summed E-state index contributed by atoms with van der Waals surface area (Å²) in [4.78, 5) is 0. The molecule has 0 radical (unpaired) electrons. The highest BCUT2D eigenvalue weighted by atomic mass is 19.4. The molecule has 0 fully saturated rings. The van der Waals surface area contributed by atoms with Crippen LogP contribution in [0, 0.1) is 13.8 Å². The molecule has 0 aliphatic rings. The average Bonchev–Trinajstić information content (AvgIpc) is 2.58. The normalized spacial score (nSPS) is 13.9. The molecule has 1 aromatic rings. The number of rotatable bonds is 3. The van der Waals surface area contributed by atoms with Gasteiger partial charge < -0.3 is 0 Å². The molecule has 18 heavy (non-hydrogen) atoms. The molecule has 0 unspecified atom stereocenters. The van der Waals surface area contributed by atoms with Crippen molar-refractivity contribution in [2.45, 2.75) is 26.9 Å². The summed E-state index contributed by atoms with van der Waals surface area (Å²) in [6.45, 7) is 8.44. The van der Waals surface area contributed by atoms with Crippen molar-refractivity contribution in [2.75, 3.05) is 0 Å². The second-order valence-corrected chi connectivity index (χ2v) is 3.85. The van der Waals surface area contributed by atoms with Gasteiger partial charge in [0.1, 0.15) is 0 Å². The Kier molecular flexibility index (Phi) is 4.16. The van der Waals surface area contributed by atoms with Gasteiger partial charge in [0, 0.05) is 5.69 Å². The molecule has 0 saturated heterocycles. The Morgan fingerprint density at radius 1 is 1.39 bits per heavy atom. The van der Waals surface area contributed by atoms with E-state index in [4.69, 9.17) is 0 Å². The van der Waals surface area contributed by atoms with Crippen LogP contribution in [-0.4, -0.2) is 16.0 Å². The summed E-state index contributed by atoms with van der Waals surface area (Å²) in [5.74, 6) is 0. The number of hydrogen-bond donors (Lipinski definition) is 0. The van der Waals surface area contributed by atoms with E-state index in [0.717, 1.165) is 23.5 Å². The lowest BCUT2D eigenvalue weighted by Gasteiger charge is -2.10. The van der Waals surface area contributed by atoms with Crippen LogP contribution in [0.25, 0.3) is 5.70 Å². The second kappa shape index (κ2) is 5.25. The molecule has 1 rings (SSSR count). The highest BCUT2D eigenvalue weighted by Crippen LogP contribution is 2.28. The van der Waals surface area contributed by atoms with E-state index in [9.17, 15) is 13.2 Å². The number of halogens is 3. The van der Waals surface area contributed by atoms with Gasteiger partial charge in [0.15, 0.2) is 0 Å². The van der Waals surface area contributed by atoms with Crippen molar-refractivity contribution in [1.29, 1.82) is 0 Å². The molecule has 1 aromatic heterocycles. The second-order valence-electron chi connectivity index (χ2n) is 3.85. The third-order valence-corrected chi connectivity index (χ3v) is 2.40. The van der Waals surface area contributed by atoms with Gasteiger partial charge in [0.05, 0.1) is 17.0 Å². The average molecular weight is 256 g/mol. The molecule has 98 valence electrons. The van der Waals surface area contributed by atoms with E-state index in [-0.39, 0.29) is 0 Å². The summed E-state index contributed by atoms with van der Waals surface area (Å²) in [5, 5.41) is 4.15. The van der Waals surface area contributed by atoms with Gasteiger partial charge in [-0.1, -0.05) is 18.7 Å². The van der Waals surface area contributed by atoms with Crippen LogP contribution in [0.4, 0.5) is 13.2 Å². The third kappa shape index (κ3) is 3.12. The van der Waals surface area contributed by atoms with Crippen LogP contribution < -0.4 is 0 Å². The number of alkyl halides is 3. The predicted octanol–water partition coefficient (Wildman–Crippen LogP) is 4.04. The van der Waals surface area contributed by atoms with Crippen LogP contribution in [0.1, 0.15) is 18.3 Å². The van der Waals surface area contributed by atoms with E-state index in [1.54, 1.807) is 32.9 Å². The molecule has 0 saturated carbocycles. The van der Waals surface area contributed by atoms with Gasteiger partial charge in [-0.05, 0) is 32.9 Å². The van der Waals surface area contributed by atoms with Crippen molar-refractivity contribution in [3.63, 3.8) is 0 Å². The molecule has 0 bridgehead atoms. The molecule has 0 aliphatic carbocycles. The lowest BCUT2D eigenvalue weighted by atomic mass is 10.2. The maximum atomic E-state index is 12.6. The largest absolute Gasteiger partial charge is 0.416 e. The molecular weight excluding hydrogens is 241 g/mol. The highest BCUT2D eigenvalue weighted by Gasteiger charge is 2.31. The van der Waals surface area contributed by atoms with Crippen LogP contribution in [0.15, 0.2) is 36.4 Å². The van der Waals surface area contributed by atoms with E-state index in [0.29, 0.717) is 5.70 Å². The molecule has 0 N–H and O–H groups in total. The van der Waals surface area contributed by atoms with Crippen molar-refractivity contribution >= 4 is 5.70 Å². The van der Waals surface area contributed by atoms with Crippen molar-refractivity contribution < 1.29 is 13.2 Å². The van der Waals surface area contributed by atoms with Gasteiger partial charge in [-0.25, -0.2) is 4.68 Å². The molecular formula is C13H15F3N2. The van der Waals surface area contributed by atoms with E-state index >= 15 is 0 Å². The summed E-state index contributed by atoms with van der Waals surface area (Å²) < 4.78 is 39.4. The van der Waals surface area contributed by atoms with Crippen LogP contribution in [0.3, 0.4) is 0 Å². The lowest BCUT2D eigenvalue weighted by Crippen LogP contribution is -2.11. The zero-order valence-corrected chi connectivity index (χ0v) is 10.5. The first-order valence-corrected chi connectivity index (χ1v) is 5.41. The fourth-order valence-corrected chi connectivity index (χ4v) is 1.57. The minimum Gasteiger partial charge on any atom is -0.238 e. The fourth-order valence-electron chi connectivity index (χ4n) is 1.57. The van der Waals surface area contributed by atoms with Crippen LogP contribution in [-0.2, 0) is 0 Å². The number of allylic oxidation sites excluding steroid dienone is 5. The smallest absolute Gasteiger partial charge is 0.238 e. The standard InChI is InChI=1S/C13H15F3N2/c1-5-11(13(14,15)16)8-12(6-2)18-10(4)7-9(3)17-18/h5-8H,1H2,2-4H3/b11-8+,12-6+. The monoisotopic (exact) mass is 256 g/mol. The first kappa shape index (κ1) is 14.3. The van der Waals surface area contributed by atoms with Crippen molar-refractivity contribution in [2.24, 2.45) is 0 Å². The molecule has 2 nitrogen and oxygen atoms in total. The van der Waals surface area contributed by atoms with Gasteiger partial charge in [-0.2, -0.15) is 18.3 Å². The van der Waals surface area contributed by atoms with E-state index in [1.165, 1.54) is 4.68 Å². The van der Waals surface area contributed by atoms with Gasteiger partial charge in [-0.15, -0.1) is 0 Å². The van der Waals surface area contributed by atoms with Crippen molar-refractivity contribution in [1.82, 2.24) is 9.78 Å². The van der Waals surface area contributed by atoms with Crippen LogP contribution in [0.2, 0.25) is 0 Å². The van der Waals surface area contributed by atoms with Gasteiger partial charge in [-0.3, -0.25) is 0 Å². The molecule has 0 aliphatic heterocycles. The Balaban J connectivity index is 3.25. The molecule has 0 spiro atoms. The molecule has 0 atom stereocenters. The van der Waals surface area contributed by atoms with E-state index in [1.807, 2.05) is 0 Å². The lowest BCUT2D eigenvalue weighted by molar-refractivity contribution is -0.0881. The summed E-state index contributed by atoms with van der Waals surface area (Å²) in [5.41, 5.74) is 1.12. The summed E-state index contributed by atoms with van der Waals surface area (Å²) in [6, 6.07) is 1.80. The zero-order valence-electron chi connectivity index (χ0n) is 10.5. The molecule has 0 amide bonds. The first-order chi connectivity index (χ1) is 8.29. The van der Waals surface area contributed by atoms with Crippen LogP contribution in [0.5, 0.6) is 0 Å². The topological polar surface area (TPSA) is 17.8 Å². The predicted molar refractivity (Wildman–Crippen MR) is 66.0 cm³/mol.